The van der Waals surface area contributed by atoms with E-state index >= 15 is 0 Å². The van der Waals surface area contributed by atoms with Crippen LogP contribution in [-0.2, 0) is 0 Å². The number of rotatable bonds is 3. The van der Waals surface area contributed by atoms with Crippen molar-refractivity contribution in [2.45, 2.75) is 0 Å². The number of hydrogen-bond donors (Lipinski definition) is 0. The molecule has 1 nitrogen and oxygen atoms in total. The summed E-state index contributed by atoms with van der Waals surface area (Å²) in [6, 6.07) is 19.8. The van der Waals surface area contributed by atoms with E-state index in [4.69, 9.17) is 16.3 Å². The summed E-state index contributed by atoms with van der Waals surface area (Å²) in [7, 11) is 0. The number of para-hydroxylation sites is 1. The van der Waals surface area contributed by atoms with E-state index in [0.717, 1.165) is 10.6 Å². The molecule has 0 spiro atoms. The molecule has 0 saturated carbocycles. The Morgan fingerprint density at radius 2 is 1.58 bits per heavy atom. The summed E-state index contributed by atoms with van der Waals surface area (Å²) in [4.78, 5) is 0. The third kappa shape index (κ3) is 2.80. The van der Waals surface area contributed by atoms with Gasteiger partial charge in [0.1, 0.15) is 5.75 Å². The van der Waals surface area contributed by atoms with E-state index in [1.807, 2.05) is 48.5 Å². The maximum Gasteiger partial charge on any atom is 0.181 e. The van der Waals surface area contributed by atoms with E-state index in [9.17, 15) is 0 Å². The second-order valence-electron chi connectivity index (χ2n) is 4.05. The van der Waals surface area contributed by atoms with Crippen LogP contribution in [0.15, 0.2) is 66.0 Å². The van der Waals surface area contributed by atoms with Crippen LogP contribution in [0.3, 0.4) is 0 Å². The molecule has 0 unspecified atom stereocenters. The molecule has 0 N–H and O–H groups in total. The van der Waals surface area contributed by atoms with Gasteiger partial charge in [-0.05, 0) is 23.3 Å². The first-order chi connectivity index (χ1) is 9.33. The summed E-state index contributed by atoms with van der Waals surface area (Å²) in [6.07, 6.45) is 0. The molecule has 3 rings (SSSR count). The summed E-state index contributed by atoms with van der Waals surface area (Å²) in [5.41, 5.74) is 2.35. The van der Waals surface area contributed by atoms with Gasteiger partial charge in [-0.1, -0.05) is 54.1 Å². The standard InChI is InChI=1S/C16H11ClOS/c17-14-8-4-5-9-15(14)18-16-10-13(11-19-16)12-6-2-1-3-7-12/h1-11H. The van der Waals surface area contributed by atoms with Gasteiger partial charge in [-0.25, -0.2) is 0 Å². The lowest BCUT2D eigenvalue weighted by atomic mass is 10.1. The van der Waals surface area contributed by atoms with Crippen molar-refractivity contribution in [3.05, 3.63) is 71.1 Å². The quantitative estimate of drug-likeness (QED) is 0.586. The lowest BCUT2D eigenvalue weighted by Crippen LogP contribution is -1.81. The average molecular weight is 287 g/mol. The first-order valence-electron chi connectivity index (χ1n) is 5.89. The summed E-state index contributed by atoms with van der Waals surface area (Å²) < 4.78 is 5.80. The Hall–Kier alpha value is -1.77. The first kappa shape index (κ1) is 12.3. The van der Waals surface area contributed by atoms with E-state index in [-0.39, 0.29) is 0 Å². The molecular weight excluding hydrogens is 276 g/mol. The fraction of sp³-hybridized carbons (Fsp3) is 0. The second-order valence-corrected chi connectivity index (χ2v) is 5.33. The molecule has 0 aliphatic heterocycles. The molecular formula is C16H11ClOS. The highest BCUT2D eigenvalue weighted by atomic mass is 35.5. The normalized spacial score (nSPS) is 10.4. The molecule has 0 saturated heterocycles. The number of hydrogen-bond acceptors (Lipinski definition) is 2. The molecule has 0 fully saturated rings. The van der Waals surface area contributed by atoms with Crippen molar-refractivity contribution >= 4 is 22.9 Å². The lowest BCUT2D eigenvalue weighted by molar-refractivity contribution is 0.497. The predicted molar refractivity (Wildman–Crippen MR) is 81.3 cm³/mol. The molecule has 1 heterocycles. The van der Waals surface area contributed by atoms with Crippen molar-refractivity contribution in [3.8, 4) is 21.9 Å². The van der Waals surface area contributed by atoms with Gasteiger partial charge in [0.2, 0.25) is 0 Å². The zero-order chi connectivity index (χ0) is 13.1. The zero-order valence-electron chi connectivity index (χ0n) is 10.0. The van der Waals surface area contributed by atoms with E-state index in [0.29, 0.717) is 10.8 Å². The van der Waals surface area contributed by atoms with Gasteiger partial charge in [-0.15, -0.1) is 11.3 Å². The van der Waals surface area contributed by atoms with Crippen LogP contribution in [0.5, 0.6) is 10.8 Å². The summed E-state index contributed by atoms with van der Waals surface area (Å²) in [6.45, 7) is 0. The molecule has 3 aromatic rings. The SMILES string of the molecule is Clc1ccccc1Oc1cc(-c2ccccc2)cs1. The third-order valence-corrected chi connectivity index (χ3v) is 3.85. The Labute approximate surface area is 121 Å². The van der Waals surface area contributed by atoms with Gasteiger partial charge in [-0.2, -0.15) is 0 Å². The van der Waals surface area contributed by atoms with Crippen LogP contribution in [0.2, 0.25) is 5.02 Å². The average Bonchev–Trinajstić information content (AvgIpc) is 2.91. The summed E-state index contributed by atoms with van der Waals surface area (Å²) in [5, 5.41) is 3.55. The molecule has 0 bridgehead atoms. The molecule has 0 amide bonds. The molecule has 2 aromatic carbocycles. The highest BCUT2D eigenvalue weighted by Gasteiger charge is 2.06. The summed E-state index contributed by atoms with van der Waals surface area (Å²) in [5.74, 6) is 0.686. The third-order valence-electron chi connectivity index (χ3n) is 2.73. The van der Waals surface area contributed by atoms with Crippen LogP contribution in [0, 0.1) is 0 Å². The van der Waals surface area contributed by atoms with Gasteiger partial charge >= 0.3 is 0 Å². The minimum atomic E-state index is 0.622. The molecule has 0 aliphatic carbocycles. The Balaban J connectivity index is 1.85. The minimum Gasteiger partial charge on any atom is -0.445 e. The smallest absolute Gasteiger partial charge is 0.181 e. The Morgan fingerprint density at radius 3 is 2.37 bits per heavy atom. The number of thiophene rings is 1. The molecule has 94 valence electrons. The molecule has 0 radical (unpaired) electrons. The maximum absolute atomic E-state index is 6.08. The van der Waals surface area contributed by atoms with Gasteiger partial charge in [0.25, 0.3) is 0 Å². The fourth-order valence-electron chi connectivity index (χ4n) is 1.79. The zero-order valence-corrected chi connectivity index (χ0v) is 11.6. The van der Waals surface area contributed by atoms with Gasteiger partial charge in [-0.3, -0.25) is 0 Å². The van der Waals surface area contributed by atoms with Gasteiger partial charge in [0.15, 0.2) is 5.06 Å². The number of halogens is 1. The van der Waals surface area contributed by atoms with Crippen LogP contribution >= 0.6 is 22.9 Å². The first-order valence-corrected chi connectivity index (χ1v) is 7.15. The van der Waals surface area contributed by atoms with Crippen molar-refractivity contribution in [1.29, 1.82) is 0 Å². The highest BCUT2D eigenvalue weighted by Crippen LogP contribution is 2.35. The number of ether oxygens (including phenoxy) is 1. The predicted octanol–water partition coefficient (Wildman–Crippen LogP) is 5.86. The molecule has 19 heavy (non-hydrogen) atoms. The molecule has 1 aromatic heterocycles. The van der Waals surface area contributed by atoms with Crippen molar-refractivity contribution in [2.75, 3.05) is 0 Å². The van der Waals surface area contributed by atoms with Crippen LogP contribution < -0.4 is 4.74 Å². The van der Waals surface area contributed by atoms with Gasteiger partial charge in [0, 0.05) is 11.4 Å². The molecule has 0 atom stereocenters. The van der Waals surface area contributed by atoms with Gasteiger partial charge in [0.05, 0.1) is 5.02 Å². The topological polar surface area (TPSA) is 9.23 Å². The lowest BCUT2D eigenvalue weighted by Gasteiger charge is -2.03. The summed E-state index contributed by atoms with van der Waals surface area (Å²) >= 11 is 7.64. The van der Waals surface area contributed by atoms with Crippen molar-refractivity contribution < 1.29 is 4.74 Å². The minimum absolute atomic E-state index is 0.622. The Morgan fingerprint density at radius 1 is 0.842 bits per heavy atom. The Bertz CT molecular complexity index is 676. The van der Waals surface area contributed by atoms with Crippen LogP contribution in [0.1, 0.15) is 0 Å². The van der Waals surface area contributed by atoms with Gasteiger partial charge < -0.3 is 4.74 Å². The Kier molecular flexibility index (Phi) is 3.53. The molecule has 0 aliphatic rings. The molecule has 3 heteroatoms. The van der Waals surface area contributed by atoms with Crippen molar-refractivity contribution in [3.63, 3.8) is 0 Å². The van der Waals surface area contributed by atoms with Crippen LogP contribution in [0.4, 0.5) is 0 Å². The van der Waals surface area contributed by atoms with E-state index in [2.05, 4.69) is 17.5 Å². The van der Waals surface area contributed by atoms with Crippen LogP contribution in [0.25, 0.3) is 11.1 Å². The maximum atomic E-state index is 6.08. The second kappa shape index (κ2) is 5.47. The van der Waals surface area contributed by atoms with Crippen LogP contribution in [-0.4, -0.2) is 0 Å². The fourth-order valence-corrected chi connectivity index (χ4v) is 2.74. The monoisotopic (exact) mass is 286 g/mol. The number of benzene rings is 2. The van der Waals surface area contributed by atoms with Crippen molar-refractivity contribution in [1.82, 2.24) is 0 Å². The van der Waals surface area contributed by atoms with Crippen molar-refractivity contribution in [2.24, 2.45) is 0 Å². The van der Waals surface area contributed by atoms with E-state index in [1.54, 1.807) is 11.3 Å². The largest absolute Gasteiger partial charge is 0.445 e. The van der Waals surface area contributed by atoms with E-state index < -0.39 is 0 Å². The van der Waals surface area contributed by atoms with E-state index in [1.165, 1.54) is 5.56 Å². The highest BCUT2D eigenvalue weighted by molar-refractivity contribution is 7.12.